The van der Waals surface area contributed by atoms with Crippen LogP contribution in [0.4, 0.5) is 0 Å². The summed E-state index contributed by atoms with van der Waals surface area (Å²) >= 11 is 1.83. The van der Waals surface area contributed by atoms with Gasteiger partial charge in [-0.15, -0.1) is 11.3 Å². The monoisotopic (exact) mass is 844 g/mol. The quantitative estimate of drug-likeness (QED) is 0.156. The molecule has 0 bridgehead atoms. The first kappa shape index (κ1) is 37.2. The number of pyridine rings is 1. The predicted molar refractivity (Wildman–Crippen MR) is 273 cm³/mol. The van der Waals surface area contributed by atoms with E-state index >= 15 is 0 Å². The maximum atomic E-state index is 5.58. The minimum atomic E-state index is 0.618. The lowest BCUT2D eigenvalue weighted by atomic mass is 9.92. The normalized spacial score (nSPS) is 11.7. The van der Waals surface area contributed by atoms with Crippen LogP contribution in [0.2, 0.25) is 0 Å². The summed E-state index contributed by atoms with van der Waals surface area (Å²) in [5.41, 5.74) is 10.3. The van der Waals surface area contributed by atoms with Crippen LogP contribution in [0.15, 0.2) is 218 Å². The fourth-order valence-corrected chi connectivity index (χ4v) is 10.8. The summed E-state index contributed by atoms with van der Waals surface area (Å²) in [5, 5.41) is 11.2. The lowest BCUT2D eigenvalue weighted by molar-refractivity contribution is 1.07. The molecule has 0 amide bonds. The van der Waals surface area contributed by atoms with Gasteiger partial charge in [0.25, 0.3) is 0 Å². The highest BCUT2D eigenvalue weighted by Crippen LogP contribution is 2.45. The Hall–Kier alpha value is -8.38. The largest absolute Gasteiger partial charge is 0.246 e. The molecule has 0 radical (unpaired) electrons. The van der Waals surface area contributed by atoms with Crippen molar-refractivity contribution in [1.29, 1.82) is 0 Å². The van der Waals surface area contributed by atoms with Gasteiger partial charge in [-0.3, -0.25) is 0 Å². The smallest absolute Gasteiger partial charge is 0.164 e. The summed E-state index contributed by atoms with van der Waals surface area (Å²) in [6.45, 7) is 0. The van der Waals surface area contributed by atoms with Crippen LogP contribution in [0.3, 0.4) is 0 Å². The van der Waals surface area contributed by atoms with E-state index in [-0.39, 0.29) is 0 Å². The van der Waals surface area contributed by atoms with Crippen LogP contribution in [0.25, 0.3) is 131 Å². The third-order valence-corrected chi connectivity index (χ3v) is 13.9. The lowest BCUT2D eigenvalue weighted by Crippen LogP contribution is -2.00. The predicted octanol–water partition coefficient (Wildman–Crippen LogP) is 16.2. The van der Waals surface area contributed by atoms with Crippen LogP contribution in [0.1, 0.15) is 0 Å². The summed E-state index contributed by atoms with van der Waals surface area (Å²) in [6, 6.07) is 77.4. The van der Waals surface area contributed by atoms with Gasteiger partial charge in [-0.25, -0.2) is 19.9 Å². The number of fused-ring (bicyclic) bond motifs is 11. The molecule has 302 valence electrons. The van der Waals surface area contributed by atoms with Crippen molar-refractivity contribution in [3.8, 4) is 67.7 Å². The average molecular weight is 845 g/mol. The molecular weight excluding hydrogens is 809 g/mol. The van der Waals surface area contributed by atoms with Crippen LogP contribution in [0.5, 0.6) is 0 Å². The standard InChI is InChI=1S/C60H36N4S/c1-3-14-37(15-4-1)38-26-28-40(29-27-38)59-62-58(39-16-5-2-6-17-39)63-60(64-59)44-19-13-18-41(34-44)42-30-33-50-53(36-42)61-56(57-55(50)51-24-11-12-25-54(51)65-57)43-31-32-49-47-22-8-7-20-45(47)46-21-9-10-23-48(46)52(49)35-43/h1-36H. The van der Waals surface area contributed by atoms with E-state index in [0.717, 1.165) is 55.5 Å². The van der Waals surface area contributed by atoms with E-state index < -0.39 is 0 Å². The van der Waals surface area contributed by atoms with E-state index in [1.807, 2.05) is 47.7 Å². The molecule has 13 aromatic rings. The SMILES string of the molecule is c1ccc(-c2ccc(-c3nc(-c4ccccc4)nc(-c4cccc(-c5ccc6c(c5)nc(-c5ccc7c8ccccc8c8ccccc8c7c5)c5sc7ccccc7c56)c4)n3)cc2)cc1. The van der Waals surface area contributed by atoms with Crippen molar-refractivity contribution in [1.82, 2.24) is 19.9 Å². The van der Waals surface area contributed by atoms with Crippen molar-refractivity contribution < 1.29 is 0 Å². The van der Waals surface area contributed by atoms with E-state index in [2.05, 4.69) is 182 Å². The molecule has 5 heteroatoms. The molecule has 13 rings (SSSR count). The van der Waals surface area contributed by atoms with Gasteiger partial charge in [-0.05, 0) is 78.8 Å². The highest BCUT2D eigenvalue weighted by molar-refractivity contribution is 7.26. The Bertz CT molecular complexity index is 3960. The van der Waals surface area contributed by atoms with Crippen LogP contribution < -0.4 is 0 Å². The van der Waals surface area contributed by atoms with Crippen LogP contribution >= 0.6 is 11.3 Å². The molecule has 10 aromatic carbocycles. The molecule has 0 N–H and O–H groups in total. The Morgan fingerprint density at radius 3 is 1.40 bits per heavy atom. The van der Waals surface area contributed by atoms with E-state index in [4.69, 9.17) is 19.9 Å². The van der Waals surface area contributed by atoms with E-state index in [1.54, 1.807) is 0 Å². The zero-order valence-electron chi connectivity index (χ0n) is 35.0. The zero-order valence-corrected chi connectivity index (χ0v) is 35.8. The number of benzene rings is 10. The van der Waals surface area contributed by atoms with Crippen molar-refractivity contribution in [3.63, 3.8) is 0 Å². The Balaban J connectivity index is 0.955. The summed E-state index contributed by atoms with van der Waals surface area (Å²) in [4.78, 5) is 20.8. The van der Waals surface area contributed by atoms with Crippen LogP contribution in [-0.4, -0.2) is 19.9 Å². The summed E-state index contributed by atoms with van der Waals surface area (Å²) < 4.78 is 2.46. The first-order valence-electron chi connectivity index (χ1n) is 21.9. The summed E-state index contributed by atoms with van der Waals surface area (Å²) in [6.07, 6.45) is 0. The molecule has 65 heavy (non-hydrogen) atoms. The topological polar surface area (TPSA) is 51.6 Å². The summed E-state index contributed by atoms with van der Waals surface area (Å²) in [5.74, 6) is 1.88. The fourth-order valence-electron chi connectivity index (χ4n) is 9.55. The molecule has 3 aromatic heterocycles. The van der Waals surface area contributed by atoms with Gasteiger partial charge in [0.1, 0.15) is 0 Å². The molecule has 0 aliphatic rings. The van der Waals surface area contributed by atoms with Gasteiger partial charge in [0.05, 0.1) is 15.9 Å². The zero-order chi connectivity index (χ0) is 42.8. The van der Waals surface area contributed by atoms with Crippen molar-refractivity contribution in [2.75, 3.05) is 0 Å². The number of hydrogen-bond donors (Lipinski definition) is 0. The molecule has 4 nitrogen and oxygen atoms in total. The van der Waals surface area contributed by atoms with Gasteiger partial charge < -0.3 is 0 Å². The van der Waals surface area contributed by atoms with Gasteiger partial charge >= 0.3 is 0 Å². The first-order chi connectivity index (χ1) is 32.2. The van der Waals surface area contributed by atoms with Crippen LogP contribution in [-0.2, 0) is 0 Å². The Morgan fingerprint density at radius 2 is 0.708 bits per heavy atom. The molecular formula is C60H36N4S. The van der Waals surface area contributed by atoms with Gasteiger partial charge in [0.15, 0.2) is 17.5 Å². The number of aromatic nitrogens is 4. The first-order valence-corrected chi connectivity index (χ1v) is 22.7. The molecule has 0 spiro atoms. The minimum Gasteiger partial charge on any atom is -0.246 e. The third-order valence-electron chi connectivity index (χ3n) is 12.7. The van der Waals surface area contributed by atoms with Gasteiger partial charge in [-0.2, -0.15) is 0 Å². The lowest BCUT2D eigenvalue weighted by Gasteiger charge is -2.13. The second-order valence-electron chi connectivity index (χ2n) is 16.5. The molecule has 0 aliphatic carbocycles. The van der Waals surface area contributed by atoms with Gasteiger partial charge in [-0.1, -0.05) is 194 Å². The Labute approximate surface area is 378 Å². The number of nitrogens with zero attached hydrogens (tertiary/aromatic N) is 4. The fraction of sp³-hybridized carbons (Fsp3) is 0. The third kappa shape index (κ3) is 6.36. The molecule has 0 saturated heterocycles. The summed E-state index contributed by atoms with van der Waals surface area (Å²) in [7, 11) is 0. The highest BCUT2D eigenvalue weighted by Gasteiger charge is 2.19. The average Bonchev–Trinajstić information content (AvgIpc) is 3.79. The van der Waals surface area contributed by atoms with E-state index in [9.17, 15) is 0 Å². The molecule has 0 unspecified atom stereocenters. The van der Waals surface area contributed by atoms with E-state index in [0.29, 0.717) is 17.5 Å². The second kappa shape index (κ2) is 15.2. The maximum Gasteiger partial charge on any atom is 0.164 e. The second-order valence-corrected chi connectivity index (χ2v) is 17.6. The van der Waals surface area contributed by atoms with Gasteiger partial charge in [0, 0.05) is 43.1 Å². The number of thiophene rings is 1. The maximum absolute atomic E-state index is 5.58. The van der Waals surface area contributed by atoms with Crippen molar-refractivity contribution in [3.05, 3.63) is 218 Å². The molecule has 0 fully saturated rings. The Kier molecular flexibility index (Phi) is 8.68. The van der Waals surface area contributed by atoms with Crippen LogP contribution in [0, 0.1) is 0 Å². The molecule has 0 aliphatic heterocycles. The van der Waals surface area contributed by atoms with Crippen molar-refractivity contribution >= 4 is 74.7 Å². The number of rotatable bonds is 6. The highest BCUT2D eigenvalue weighted by atomic mass is 32.1. The van der Waals surface area contributed by atoms with E-state index in [1.165, 1.54) is 58.1 Å². The van der Waals surface area contributed by atoms with Gasteiger partial charge in [0.2, 0.25) is 0 Å². The minimum absolute atomic E-state index is 0.618. The molecule has 3 heterocycles. The Morgan fingerprint density at radius 1 is 0.262 bits per heavy atom. The van der Waals surface area contributed by atoms with Crippen molar-refractivity contribution in [2.45, 2.75) is 0 Å². The molecule has 0 atom stereocenters. The number of hydrogen-bond acceptors (Lipinski definition) is 5. The van der Waals surface area contributed by atoms with Crippen molar-refractivity contribution in [2.24, 2.45) is 0 Å². The molecule has 0 saturated carbocycles.